The second-order valence-corrected chi connectivity index (χ2v) is 5.62. The van der Waals surface area contributed by atoms with Crippen LogP contribution in [0.1, 0.15) is 27.4 Å². The molecule has 0 aliphatic carbocycles. The zero-order chi connectivity index (χ0) is 10.3. The molecule has 1 aromatic rings. The lowest BCUT2D eigenvalue weighted by Gasteiger charge is -2.10. The van der Waals surface area contributed by atoms with Gasteiger partial charge in [0.25, 0.3) is 0 Å². The van der Waals surface area contributed by atoms with Crippen LogP contribution in [0.25, 0.3) is 0 Å². The van der Waals surface area contributed by atoms with Crippen molar-refractivity contribution in [3.63, 3.8) is 0 Å². The summed E-state index contributed by atoms with van der Waals surface area (Å²) in [5, 5.41) is 0. The molecule has 0 N–H and O–H groups in total. The zero-order valence-corrected chi connectivity index (χ0v) is 8.56. The standard InChI is InChI=1S/C9H10O4S/c1-6-8(4-10)7-2-3-14(11,12)5-9(7)13-6/h4H,2-3,5H2,1H3. The van der Waals surface area contributed by atoms with E-state index in [0.717, 1.165) is 11.8 Å². The first-order valence-corrected chi connectivity index (χ1v) is 6.12. The molecule has 0 unspecified atom stereocenters. The SMILES string of the molecule is Cc1oc2c(c1C=O)CCS(=O)(=O)C2. The van der Waals surface area contributed by atoms with Crippen molar-refractivity contribution in [3.8, 4) is 0 Å². The summed E-state index contributed by atoms with van der Waals surface area (Å²) in [6, 6.07) is 0. The van der Waals surface area contributed by atoms with Gasteiger partial charge in [-0.25, -0.2) is 8.42 Å². The molecule has 0 spiro atoms. The highest BCUT2D eigenvalue weighted by Gasteiger charge is 2.27. The maximum Gasteiger partial charge on any atom is 0.157 e. The number of carbonyl (C=O) groups excluding carboxylic acids is 1. The number of aryl methyl sites for hydroxylation is 1. The molecule has 0 amide bonds. The number of sulfone groups is 1. The number of carbonyl (C=O) groups is 1. The third-order valence-corrected chi connectivity index (χ3v) is 3.98. The van der Waals surface area contributed by atoms with Crippen molar-refractivity contribution in [3.05, 3.63) is 22.6 Å². The summed E-state index contributed by atoms with van der Waals surface area (Å²) in [6.07, 6.45) is 1.12. The number of hydrogen-bond donors (Lipinski definition) is 0. The van der Waals surface area contributed by atoms with Gasteiger partial charge in [-0.15, -0.1) is 0 Å². The molecule has 4 nitrogen and oxygen atoms in total. The largest absolute Gasteiger partial charge is 0.464 e. The molecule has 14 heavy (non-hydrogen) atoms. The molecule has 1 aliphatic rings. The highest BCUT2D eigenvalue weighted by molar-refractivity contribution is 7.90. The van der Waals surface area contributed by atoms with Gasteiger partial charge in [-0.3, -0.25) is 4.79 Å². The van der Waals surface area contributed by atoms with Crippen molar-refractivity contribution in [1.29, 1.82) is 0 Å². The predicted molar refractivity (Wildman–Crippen MR) is 50.0 cm³/mol. The third kappa shape index (κ3) is 1.37. The molecule has 2 heterocycles. The molecule has 5 heteroatoms. The predicted octanol–water partition coefficient (Wildman–Crippen LogP) is 0.871. The lowest BCUT2D eigenvalue weighted by Crippen LogP contribution is -2.18. The highest BCUT2D eigenvalue weighted by Crippen LogP contribution is 2.27. The fraction of sp³-hybridized carbons (Fsp3) is 0.444. The van der Waals surface area contributed by atoms with Gasteiger partial charge in [-0.1, -0.05) is 0 Å². The van der Waals surface area contributed by atoms with Gasteiger partial charge >= 0.3 is 0 Å². The van der Waals surface area contributed by atoms with Gasteiger partial charge in [-0.05, 0) is 13.3 Å². The number of hydrogen-bond acceptors (Lipinski definition) is 4. The molecule has 0 atom stereocenters. The highest BCUT2D eigenvalue weighted by atomic mass is 32.2. The number of aldehydes is 1. The molecular formula is C9H10O4S. The maximum atomic E-state index is 11.3. The number of furan rings is 1. The molecule has 2 rings (SSSR count). The summed E-state index contributed by atoms with van der Waals surface area (Å²) >= 11 is 0. The van der Waals surface area contributed by atoms with Gasteiger partial charge in [0.15, 0.2) is 16.1 Å². The van der Waals surface area contributed by atoms with Gasteiger partial charge in [0, 0.05) is 5.56 Å². The van der Waals surface area contributed by atoms with Crippen LogP contribution in [0.15, 0.2) is 4.42 Å². The van der Waals surface area contributed by atoms with Crippen LogP contribution in [0.5, 0.6) is 0 Å². The molecule has 0 saturated carbocycles. The van der Waals surface area contributed by atoms with Crippen LogP contribution in [0.4, 0.5) is 0 Å². The topological polar surface area (TPSA) is 64.3 Å². The van der Waals surface area contributed by atoms with E-state index in [1.807, 2.05) is 0 Å². The van der Waals surface area contributed by atoms with E-state index in [1.165, 1.54) is 0 Å². The van der Waals surface area contributed by atoms with E-state index in [1.54, 1.807) is 6.92 Å². The lowest BCUT2D eigenvalue weighted by molar-refractivity contribution is 0.112. The monoisotopic (exact) mass is 214 g/mol. The molecule has 0 bridgehead atoms. The molecular weight excluding hydrogens is 204 g/mol. The molecule has 1 aliphatic heterocycles. The fourth-order valence-electron chi connectivity index (χ4n) is 1.74. The van der Waals surface area contributed by atoms with Crippen molar-refractivity contribution >= 4 is 16.1 Å². The molecule has 1 aromatic heterocycles. The first kappa shape index (κ1) is 9.45. The smallest absolute Gasteiger partial charge is 0.157 e. The van der Waals surface area contributed by atoms with Crippen LogP contribution in [0, 0.1) is 6.92 Å². The van der Waals surface area contributed by atoms with Crippen LogP contribution in [0.2, 0.25) is 0 Å². The summed E-state index contributed by atoms with van der Waals surface area (Å²) in [5.74, 6) is 0.995. The minimum absolute atomic E-state index is 0.0724. The Hall–Kier alpha value is -1.10. The van der Waals surface area contributed by atoms with Crippen molar-refractivity contribution < 1.29 is 17.6 Å². The van der Waals surface area contributed by atoms with Gasteiger partial charge in [0.1, 0.15) is 17.3 Å². The van der Waals surface area contributed by atoms with E-state index < -0.39 is 9.84 Å². The Balaban J connectivity index is 2.57. The van der Waals surface area contributed by atoms with E-state index in [9.17, 15) is 13.2 Å². The minimum Gasteiger partial charge on any atom is -0.464 e. The van der Waals surface area contributed by atoms with Crippen LogP contribution < -0.4 is 0 Å². The Labute approximate surface area is 81.8 Å². The molecule has 76 valence electrons. The molecule has 0 radical (unpaired) electrons. The van der Waals surface area contributed by atoms with Crippen LogP contribution in [0.3, 0.4) is 0 Å². The number of rotatable bonds is 1. The minimum atomic E-state index is -3.02. The Morgan fingerprint density at radius 1 is 1.43 bits per heavy atom. The average Bonchev–Trinajstić information content (AvgIpc) is 2.37. The first-order chi connectivity index (χ1) is 6.53. The van der Waals surface area contributed by atoms with Crippen LogP contribution >= 0.6 is 0 Å². The summed E-state index contributed by atoms with van der Waals surface area (Å²) in [5.41, 5.74) is 1.29. The molecule has 0 aromatic carbocycles. The van der Waals surface area contributed by atoms with Crippen molar-refractivity contribution in [2.24, 2.45) is 0 Å². The van der Waals surface area contributed by atoms with Gasteiger partial charge in [0.2, 0.25) is 0 Å². The van der Waals surface area contributed by atoms with E-state index in [2.05, 4.69) is 0 Å². The maximum absolute atomic E-state index is 11.3. The zero-order valence-electron chi connectivity index (χ0n) is 7.74. The normalized spacial score (nSPS) is 18.9. The Kier molecular flexibility index (Phi) is 1.99. The second-order valence-electron chi connectivity index (χ2n) is 3.43. The first-order valence-electron chi connectivity index (χ1n) is 4.30. The summed E-state index contributed by atoms with van der Waals surface area (Å²) in [4.78, 5) is 10.7. The van der Waals surface area contributed by atoms with Gasteiger partial charge in [0.05, 0.1) is 11.3 Å². The summed E-state index contributed by atoms with van der Waals surface area (Å²) < 4.78 is 27.8. The van der Waals surface area contributed by atoms with Crippen LogP contribution in [-0.2, 0) is 22.0 Å². The van der Waals surface area contributed by atoms with E-state index >= 15 is 0 Å². The molecule has 0 saturated heterocycles. The lowest BCUT2D eigenvalue weighted by atomic mass is 10.1. The number of fused-ring (bicyclic) bond motifs is 1. The molecule has 0 fully saturated rings. The van der Waals surface area contributed by atoms with E-state index in [-0.39, 0.29) is 11.5 Å². The van der Waals surface area contributed by atoms with Crippen molar-refractivity contribution in [2.75, 3.05) is 5.75 Å². The van der Waals surface area contributed by atoms with E-state index in [0.29, 0.717) is 23.5 Å². The average molecular weight is 214 g/mol. The quantitative estimate of drug-likeness (QED) is 0.651. The third-order valence-electron chi connectivity index (χ3n) is 2.45. The Morgan fingerprint density at radius 3 is 2.79 bits per heavy atom. The van der Waals surface area contributed by atoms with Gasteiger partial charge in [-0.2, -0.15) is 0 Å². The van der Waals surface area contributed by atoms with E-state index in [4.69, 9.17) is 4.42 Å². The Morgan fingerprint density at radius 2 is 2.14 bits per heavy atom. The summed E-state index contributed by atoms with van der Waals surface area (Å²) in [6.45, 7) is 1.68. The van der Waals surface area contributed by atoms with Crippen LogP contribution in [-0.4, -0.2) is 20.5 Å². The second kappa shape index (κ2) is 2.95. The van der Waals surface area contributed by atoms with Crippen molar-refractivity contribution in [2.45, 2.75) is 19.1 Å². The summed E-state index contributed by atoms with van der Waals surface area (Å²) in [7, 11) is -3.02. The fourth-order valence-corrected chi connectivity index (χ4v) is 3.03. The Bertz CT molecular complexity index is 481. The van der Waals surface area contributed by atoms with Gasteiger partial charge < -0.3 is 4.42 Å². The van der Waals surface area contributed by atoms with Crippen molar-refractivity contribution in [1.82, 2.24) is 0 Å².